The molecule has 2 nitrogen and oxygen atoms in total. The minimum atomic E-state index is 0.752. The molecule has 0 aromatic carbocycles. The van der Waals surface area contributed by atoms with Crippen LogP contribution in [0.25, 0.3) is 0 Å². The van der Waals surface area contributed by atoms with Crippen LogP contribution >= 0.6 is 0 Å². The molecule has 0 aromatic rings. The Morgan fingerprint density at radius 3 is 2.13 bits per heavy atom. The number of rotatable bonds is 6. The summed E-state index contributed by atoms with van der Waals surface area (Å²) in [5.74, 6) is 1.57. The van der Waals surface area contributed by atoms with Gasteiger partial charge in [-0.2, -0.15) is 0 Å². The second-order valence-electron chi connectivity index (χ2n) is 5.80. The van der Waals surface area contributed by atoms with E-state index in [0.717, 1.165) is 17.9 Å². The van der Waals surface area contributed by atoms with Crippen LogP contribution < -0.4 is 5.32 Å². The summed E-state index contributed by atoms with van der Waals surface area (Å²) in [5.41, 5.74) is 0. The third-order valence-electron chi connectivity index (χ3n) is 2.89. The Morgan fingerprint density at radius 2 is 1.73 bits per heavy atom. The van der Waals surface area contributed by atoms with Crippen molar-refractivity contribution >= 4 is 0 Å². The Kier molecular flexibility index (Phi) is 5.62. The molecule has 0 unspecified atom stereocenters. The molecule has 1 aliphatic heterocycles. The minimum absolute atomic E-state index is 0.752. The van der Waals surface area contributed by atoms with Crippen LogP contribution in [-0.2, 0) is 0 Å². The largest absolute Gasteiger partial charge is 0.313 e. The Hall–Kier alpha value is -0.0800. The third kappa shape index (κ3) is 5.53. The maximum absolute atomic E-state index is 3.59. The van der Waals surface area contributed by atoms with Crippen LogP contribution in [0.1, 0.15) is 40.5 Å². The quantitative estimate of drug-likeness (QED) is 0.727. The fourth-order valence-electron chi connectivity index (χ4n) is 2.48. The van der Waals surface area contributed by atoms with Gasteiger partial charge < -0.3 is 10.2 Å². The van der Waals surface area contributed by atoms with Gasteiger partial charge in [-0.05, 0) is 31.2 Å². The van der Waals surface area contributed by atoms with E-state index in [4.69, 9.17) is 0 Å². The van der Waals surface area contributed by atoms with Gasteiger partial charge >= 0.3 is 0 Å². The van der Waals surface area contributed by atoms with Crippen LogP contribution in [0.3, 0.4) is 0 Å². The topological polar surface area (TPSA) is 15.3 Å². The predicted molar refractivity (Wildman–Crippen MR) is 67.1 cm³/mol. The Morgan fingerprint density at radius 1 is 1.13 bits per heavy atom. The Labute approximate surface area is 95.4 Å². The van der Waals surface area contributed by atoms with Crippen molar-refractivity contribution in [2.75, 3.05) is 26.2 Å². The maximum atomic E-state index is 3.59. The number of nitrogens with zero attached hydrogens (tertiary/aromatic N) is 1. The standard InChI is InChI=1S/C13H28N2/c1-11(2)8-15(9-12(3)4)10-13-6-5-7-14-13/h11-14H,5-10H2,1-4H3/t13-/m0/s1. The van der Waals surface area contributed by atoms with Crippen molar-refractivity contribution in [3.63, 3.8) is 0 Å². The lowest BCUT2D eigenvalue weighted by Gasteiger charge is -2.28. The average Bonchev–Trinajstić information content (AvgIpc) is 2.53. The van der Waals surface area contributed by atoms with Gasteiger partial charge in [-0.15, -0.1) is 0 Å². The van der Waals surface area contributed by atoms with Crippen LogP contribution in [0.15, 0.2) is 0 Å². The van der Waals surface area contributed by atoms with E-state index in [2.05, 4.69) is 37.9 Å². The zero-order valence-electron chi connectivity index (χ0n) is 10.9. The molecule has 15 heavy (non-hydrogen) atoms. The fourth-order valence-corrected chi connectivity index (χ4v) is 2.48. The lowest BCUT2D eigenvalue weighted by Crippen LogP contribution is -2.41. The van der Waals surface area contributed by atoms with Crippen LogP contribution in [-0.4, -0.2) is 37.1 Å². The maximum Gasteiger partial charge on any atom is 0.0195 e. The fraction of sp³-hybridized carbons (Fsp3) is 1.00. The molecule has 0 aromatic heterocycles. The van der Waals surface area contributed by atoms with Gasteiger partial charge in [0, 0.05) is 25.7 Å². The average molecular weight is 212 g/mol. The van der Waals surface area contributed by atoms with Crippen LogP contribution in [0.5, 0.6) is 0 Å². The van der Waals surface area contributed by atoms with Gasteiger partial charge in [-0.25, -0.2) is 0 Å². The number of hydrogen-bond acceptors (Lipinski definition) is 2. The Balaban J connectivity index is 2.32. The lowest BCUT2D eigenvalue weighted by atomic mass is 10.1. The molecule has 2 heteroatoms. The molecule has 0 aliphatic carbocycles. The van der Waals surface area contributed by atoms with Crippen molar-refractivity contribution in [2.24, 2.45) is 11.8 Å². The van der Waals surface area contributed by atoms with Crippen molar-refractivity contribution < 1.29 is 0 Å². The Bertz CT molecular complexity index is 150. The van der Waals surface area contributed by atoms with Gasteiger partial charge in [0.25, 0.3) is 0 Å². The van der Waals surface area contributed by atoms with E-state index < -0.39 is 0 Å². The van der Waals surface area contributed by atoms with Crippen LogP contribution in [0.4, 0.5) is 0 Å². The van der Waals surface area contributed by atoms with E-state index in [1.165, 1.54) is 39.0 Å². The molecule has 0 bridgehead atoms. The van der Waals surface area contributed by atoms with E-state index in [-0.39, 0.29) is 0 Å². The van der Waals surface area contributed by atoms with Gasteiger partial charge in [0.2, 0.25) is 0 Å². The molecule has 1 aliphatic rings. The molecule has 0 amide bonds. The molecule has 0 spiro atoms. The van der Waals surface area contributed by atoms with Crippen molar-refractivity contribution in [1.82, 2.24) is 10.2 Å². The lowest BCUT2D eigenvalue weighted by molar-refractivity contribution is 0.202. The van der Waals surface area contributed by atoms with Gasteiger partial charge in [0.1, 0.15) is 0 Å². The summed E-state index contributed by atoms with van der Waals surface area (Å²) in [4.78, 5) is 2.64. The smallest absolute Gasteiger partial charge is 0.0195 e. The monoisotopic (exact) mass is 212 g/mol. The normalized spacial score (nSPS) is 22.2. The second-order valence-corrected chi connectivity index (χ2v) is 5.80. The first-order valence-electron chi connectivity index (χ1n) is 6.53. The van der Waals surface area contributed by atoms with E-state index >= 15 is 0 Å². The molecule has 1 heterocycles. The van der Waals surface area contributed by atoms with E-state index in [0.29, 0.717) is 0 Å². The highest BCUT2D eigenvalue weighted by molar-refractivity contribution is 4.78. The van der Waals surface area contributed by atoms with Gasteiger partial charge in [-0.3, -0.25) is 0 Å². The van der Waals surface area contributed by atoms with Crippen molar-refractivity contribution in [3.8, 4) is 0 Å². The molecule has 1 saturated heterocycles. The molecule has 1 atom stereocenters. The van der Waals surface area contributed by atoms with Crippen molar-refractivity contribution in [3.05, 3.63) is 0 Å². The molecule has 1 N–H and O–H groups in total. The van der Waals surface area contributed by atoms with Crippen LogP contribution in [0, 0.1) is 11.8 Å². The highest BCUT2D eigenvalue weighted by atomic mass is 15.2. The zero-order chi connectivity index (χ0) is 11.3. The molecular weight excluding hydrogens is 184 g/mol. The number of hydrogen-bond donors (Lipinski definition) is 1. The predicted octanol–water partition coefficient (Wildman–Crippen LogP) is 2.35. The molecule has 90 valence electrons. The van der Waals surface area contributed by atoms with Crippen LogP contribution in [0.2, 0.25) is 0 Å². The summed E-state index contributed by atoms with van der Waals surface area (Å²) >= 11 is 0. The van der Waals surface area contributed by atoms with Crippen molar-refractivity contribution in [1.29, 1.82) is 0 Å². The molecule has 1 fully saturated rings. The number of nitrogens with one attached hydrogen (secondary N) is 1. The summed E-state index contributed by atoms with van der Waals surface area (Å²) in [5, 5.41) is 3.59. The molecule has 0 saturated carbocycles. The third-order valence-corrected chi connectivity index (χ3v) is 2.89. The second kappa shape index (κ2) is 6.49. The molecule has 1 rings (SSSR count). The van der Waals surface area contributed by atoms with Gasteiger partial charge in [0.15, 0.2) is 0 Å². The summed E-state index contributed by atoms with van der Waals surface area (Å²) in [6.07, 6.45) is 2.73. The SMILES string of the molecule is CC(C)CN(CC(C)C)C[C@@H]1CCCN1. The van der Waals surface area contributed by atoms with E-state index in [9.17, 15) is 0 Å². The van der Waals surface area contributed by atoms with Gasteiger partial charge in [0.05, 0.1) is 0 Å². The zero-order valence-corrected chi connectivity index (χ0v) is 10.9. The highest BCUT2D eigenvalue weighted by Crippen LogP contribution is 2.10. The first-order chi connectivity index (χ1) is 7.08. The summed E-state index contributed by atoms with van der Waals surface area (Å²) in [7, 11) is 0. The van der Waals surface area contributed by atoms with E-state index in [1.54, 1.807) is 0 Å². The highest BCUT2D eigenvalue weighted by Gasteiger charge is 2.18. The summed E-state index contributed by atoms with van der Waals surface area (Å²) < 4.78 is 0. The molecule has 0 radical (unpaired) electrons. The molecular formula is C13H28N2. The first kappa shape index (κ1) is 13.0. The summed E-state index contributed by atoms with van der Waals surface area (Å²) in [6, 6.07) is 0.752. The van der Waals surface area contributed by atoms with Crippen molar-refractivity contribution in [2.45, 2.75) is 46.6 Å². The van der Waals surface area contributed by atoms with E-state index in [1.807, 2.05) is 0 Å². The minimum Gasteiger partial charge on any atom is -0.313 e. The van der Waals surface area contributed by atoms with Gasteiger partial charge in [-0.1, -0.05) is 27.7 Å². The summed E-state index contributed by atoms with van der Waals surface area (Å²) in [6.45, 7) is 14.2. The first-order valence-corrected chi connectivity index (χ1v) is 6.53.